The van der Waals surface area contributed by atoms with Crippen molar-refractivity contribution >= 4 is 11.8 Å². The van der Waals surface area contributed by atoms with Gasteiger partial charge in [0.1, 0.15) is 11.5 Å². The van der Waals surface area contributed by atoms with Crippen LogP contribution in [0, 0.1) is 12.7 Å². The van der Waals surface area contributed by atoms with E-state index in [0.717, 1.165) is 65.9 Å². The summed E-state index contributed by atoms with van der Waals surface area (Å²) in [5.41, 5.74) is 7.29. The Balaban J connectivity index is 1.14. The molecule has 1 aliphatic carbocycles. The Morgan fingerprint density at radius 2 is 1.65 bits per heavy atom. The van der Waals surface area contributed by atoms with Crippen molar-refractivity contribution in [3.05, 3.63) is 76.9 Å². The van der Waals surface area contributed by atoms with Crippen LogP contribution in [0.3, 0.4) is 0 Å². The lowest BCUT2D eigenvalue weighted by molar-refractivity contribution is -0.130. The lowest BCUT2D eigenvalue weighted by atomic mass is 9.93. The number of fused-ring (bicyclic) bond motifs is 1. The summed E-state index contributed by atoms with van der Waals surface area (Å²) < 4.78 is 28.1. The van der Waals surface area contributed by atoms with Crippen molar-refractivity contribution in [2.75, 3.05) is 46.9 Å². The number of ether oxygens (including phenoxy) is 2. The first-order valence-electron chi connectivity index (χ1n) is 17.6. The summed E-state index contributed by atoms with van der Waals surface area (Å²) in [6.07, 6.45) is 4.83. The summed E-state index contributed by atoms with van der Waals surface area (Å²) in [6, 6.07) is 13.3. The topological polar surface area (TPSA) is 122 Å². The standard InChI is InChI=1S/C39H44FN7O4/c1-23-27(7-5-8-28(23)33-21-42-34(38(45-33)50-3)22-46-15-17-47(18-16-46)24(2)48)29-9-6-10-30(37(29)40)32-19-25-11-13-31(36(25)39(44-32)51-4)41-20-26-12-14-35(49)43-26/h5-10,19,21,26,31,41H,11-18,20,22H2,1-4H3,(H,43,49). The minimum Gasteiger partial charge on any atom is -0.481 e. The molecule has 0 saturated carbocycles. The van der Waals surface area contributed by atoms with Gasteiger partial charge in [0.2, 0.25) is 23.6 Å². The van der Waals surface area contributed by atoms with Gasteiger partial charge in [-0.25, -0.2) is 14.4 Å². The van der Waals surface area contributed by atoms with E-state index in [-0.39, 0.29) is 29.7 Å². The van der Waals surface area contributed by atoms with Crippen LogP contribution < -0.4 is 20.1 Å². The van der Waals surface area contributed by atoms with Gasteiger partial charge in [-0.1, -0.05) is 30.3 Å². The molecule has 3 aliphatic rings. The van der Waals surface area contributed by atoms with Crippen LogP contribution in [-0.4, -0.2) is 89.6 Å². The molecular formula is C39H44FN7O4. The van der Waals surface area contributed by atoms with Gasteiger partial charge in [0.25, 0.3) is 0 Å². The van der Waals surface area contributed by atoms with E-state index in [4.69, 9.17) is 24.4 Å². The number of carbonyl (C=O) groups excluding carboxylic acids is 2. The number of pyridine rings is 1. The Hall–Kier alpha value is -4.94. The van der Waals surface area contributed by atoms with Crippen molar-refractivity contribution in [3.8, 4) is 45.4 Å². The van der Waals surface area contributed by atoms with Gasteiger partial charge in [-0.15, -0.1) is 0 Å². The molecule has 2 N–H and O–H groups in total. The first-order chi connectivity index (χ1) is 24.7. The van der Waals surface area contributed by atoms with Crippen molar-refractivity contribution in [2.45, 2.75) is 58.2 Å². The van der Waals surface area contributed by atoms with Gasteiger partial charge in [-0.2, -0.15) is 0 Å². The smallest absolute Gasteiger partial charge is 0.237 e. The molecule has 2 unspecified atom stereocenters. The molecule has 2 saturated heterocycles. The van der Waals surface area contributed by atoms with Crippen LogP contribution in [0.4, 0.5) is 4.39 Å². The van der Waals surface area contributed by atoms with Crippen molar-refractivity contribution in [2.24, 2.45) is 0 Å². The van der Waals surface area contributed by atoms with Gasteiger partial charge < -0.3 is 25.0 Å². The molecule has 2 amide bonds. The number of hydrogen-bond donors (Lipinski definition) is 2. The Bertz CT molecular complexity index is 1960. The summed E-state index contributed by atoms with van der Waals surface area (Å²) in [7, 11) is 3.19. The van der Waals surface area contributed by atoms with Gasteiger partial charge >= 0.3 is 0 Å². The highest BCUT2D eigenvalue weighted by atomic mass is 19.1. The van der Waals surface area contributed by atoms with E-state index >= 15 is 4.39 Å². The molecule has 4 aromatic rings. The number of aromatic nitrogens is 3. The lowest BCUT2D eigenvalue weighted by Gasteiger charge is -2.34. The normalized spacial score (nSPS) is 18.8. The highest BCUT2D eigenvalue weighted by Crippen LogP contribution is 2.41. The number of methoxy groups -OCH3 is 2. The molecule has 7 rings (SSSR count). The summed E-state index contributed by atoms with van der Waals surface area (Å²) in [6.45, 7) is 7.70. The van der Waals surface area contributed by atoms with Crippen LogP contribution in [0.1, 0.15) is 54.6 Å². The minimum atomic E-state index is -0.360. The number of piperazine rings is 1. The highest BCUT2D eigenvalue weighted by Gasteiger charge is 2.31. The van der Waals surface area contributed by atoms with Crippen molar-refractivity contribution < 1.29 is 23.5 Å². The Morgan fingerprint density at radius 3 is 2.35 bits per heavy atom. The van der Waals surface area contributed by atoms with E-state index in [2.05, 4.69) is 15.5 Å². The molecule has 0 spiro atoms. The molecule has 266 valence electrons. The van der Waals surface area contributed by atoms with E-state index in [1.807, 2.05) is 42.2 Å². The number of carbonyl (C=O) groups is 2. The van der Waals surface area contributed by atoms with Gasteiger partial charge in [-0.05, 0) is 55.0 Å². The van der Waals surface area contributed by atoms with Gasteiger partial charge in [0.15, 0.2) is 0 Å². The summed E-state index contributed by atoms with van der Waals surface area (Å²) in [5.74, 6) is 0.766. The second kappa shape index (κ2) is 14.7. The molecule has 0 bridgehead atoms. The molecule has 11 nitrogen and oxygen atoms in total. The molecular weight excluding hydrogens is 649 g/mol. The fraction of sp³-hybridized carbons (Fsp3) is 0.410. The third kappa shape index (κ3) is 7.02. The van der Waals surface area contributed by atoms with Crippen LogP contribution in [0.5, 0.6) is 11.8 Å². The molecule has 2 aromatic carbocycles. The molecule has 12 heteroatoms. The number of hydrogen-bond acceptors (Lipinski definition) is 9. The number of aryl methyl sites for hydroxylation is 1. The molecule has 2 aliphatic heterocycles. The first kappa shape index (κ1) is 34.5. The Labute approximate surface area is 297 Å². The quantitative estimate of drug-likeness (QED) is 0.240. The lowest BCUT2D eigenvalue weighted by Crippen LogP contribution is -2.47. The van der Waals surface area contributed by atoms with Gasteiger partial charge in [-0.3, -0.25) is 19.5 Å². The van der Waals surface area contributed by atoms with Crippen molar-refractivity contribution in [3.63, 3.8) is 0 Å². The van der Waals surface area contributed by atoms with Gasteiger partial charge in [0.05, 0.1) is 31.8 Å². The van der Waals surface area contributed by atoms with Crippen LogP contribution >= 0.6 is 0 Å². The predicted molar refractivity (Wildman–Crippen MR) is 192 cm³/mol. The third-order valence-electron chi connectivity index (χ3n) is 10.4. The first-order valence-corrected chi connectivity index (χ1v) is 17.6. The summed E-state index contributed by atoms with van der Waals surface area (Å²) >= 11 is 0. The second-order valence-corrected chi connectivity index (χ2v) is 13.5. The van der Waals surface area contributed by atoms with Crippen molar-refractivity contribution in [1.29, 1.82) is 0 Å². The van der Waals surface area contributed by atoms with Crippen LogP contribution in [-0.2, 0) is 22.6 Å². The summed E-state index contributed by atoms with van der Waals surface area (Å²) in [5, 5.41) is 6.61. The van der Waals surface area contributed by atoms with E-state index in [1.165, 1.54) is 0 Å². The Kier molecular flexibility index (Phi) is 9.97. The molecule has 2 aromatic heterocycles. The molecule has 0 radical (unpaired) electrons. The fourth-order valence-corrected chi connectivity index (χ4v) is 7.59. The summed E-state index contributed by atoms with van der Waals surface area (Å²) in [4.78, 5) is 41.9. The van der Waals surface area contributed by atoms with Crippen LogP contribution in [0.15, 0.2) is 48.7 Å². The number of halogens is 1. The maximum Gasteiger partial charge on any atom is 0.237 e. The minimum absolute atomic E-state index is 0.0508. The highest BCUT2D eigenvalue weighted by molar-refractivity contribution is 5.80. The molecule has 2 fully saturated rings. The zero-order chi connectivity index (χ0) is 35.6. The van der Waals surface area contributed by atoms with E-state index in [9.17, 15) is 9.59 Å². The predicted octanol–water partition coefficient (Wildman–Crippen LogP) is 4.86. The SMILES string of the molecule is COc1nc(-c2cccc(-c3cccc(-c4cc5c(c(OC)n4)C(NCC4CCC(=O)N4)CC5)c3F)c2C)cnc1CN1CCN(C(C)=O)CC1. The maximum absolute atomic E-state index is 16.6. The average molecular weight is 694 g/mol. The van der Waals surface area contributed by atoms with E-state index < -0.39 is 0 Å². The fourth-order valence-electron chi connectivity index (χ4n) is 7.59. The largest absolute Gasteiger partial charge is 0.481 e. The number of benzene rings is 2. The van der Waals surface area contributed by atoms with Crippen molar-refractivity contribution in [1.82, 2.24) is 35.4 Å². The number of nitrogens with zero attached hydrogens (tertiary/aromatic N) is 5. The molecule has 4 heterocycles. The van der Waals surface area contributed by atoms with Crippen LogP contribution in [0.25, 0.3) is 33.6 Å². The van der Waals surface area contributed by atoms with Gasteiger partial charge in [0, 0.05) is 87.0 Å². The molecule has 2 atom stereocenters. The van der Waals surface area contributed by atoms with Crippen LogP contribution in [0.2, 0.25) is 0 Å². The third-order valence-corrected chi connectivity index (χ3v) is 10.4. The average Bonchev–Trinajstić information content (AvgIpc) is 3.76. The maximum atomic E-state index is 16.6. The van der Waals surface area contributed by atoms with E-state index in [1.54, 1.807) is 39.5 Å². The zero-order valence-corrected chi connectivity index (χ0v) is 29.6. The Morgan fingerprint density at radius 1 is 0.941 bits per heavy atom. The number of rotatable bonds is 10. The number of amides is 2. The molecule has 51 heavy (non-hydrogen) atoms. The number of nitrogens with one attached hydrogen (secondary N) is 2. The second-order valence-electron chi connectivity index (χ2n) is 13.5. The van der Waals surface area contributed by atoms with E-state index in [0.29, 0.717) is 66.9 Å². The monoisotopic (exact) mass is 693 g/mol. The zero-order valence-electron chi connectivity index (χ0n) is 29.6.